The lowest BCUT2D eigenvalue weighted by Gasteiger charge is -2.37. The van der Waals surface area contributed by atoms with Crippen LogP contribution in [0.2, 0.25) is 0 Å². The van der Waals surface area contributed by atoms with Crippen molar-refractivity contribution in [2.45, 2.75) is 82.6 Å². The van der Waals surface area contributed by atoms with Crippen LogP contribution in [0, 0.1) is 17.8 Å². The van der Waals surface area contributed by atoms with Crippen molar-refractivity contribution in [1.29, 1.82) is 0 Å². The van der Waals surface area contributed by atoms with Crippen molar-refractivity contribution in [3.8, 4) is 22.3 Å². The SMILES string of the molecule is CC.CC.CCC(C)(C)C(C)(C)C.Cc1ccc(-c2c3ccc(-c4ccccc4)cc3nc3c2ccc2ccccc23)cc1. The number of benzene rings is 5. The van der Waals surface area contributed by atoms with Gasteiger partial charge >= 0.3 is 0 Å². The van der Waals surface area contributed by atoms with Gasteiger partial charge in [-0.2, -0.15) is 0 Å². The normalized spacial score (nSPS) is 11.2. The molecular formula is C43H53N. The van der Waals surface area contributed by atoms with E-state index in [1.807, 2.05) is 27.7 Å². The molecule has 6 aromatic rings. The van der Waals surface area contributed by atoms with Crippen LogP contribution in [0.4, 0.5) is 0 Å². The standard InChI is InChI=1S/C30H21N.C9H20.2C2H6/c1-20-11-13-23(14-12-20)29-26-17-16-24(21-7-3-2-4-8-21)19-28(26)31-30-25-10-6-5-9-22(25)15-18-27(29)30;1-7-9(5,6)8(2,3)4;2*1-2/h2-19H,1H3;7H2,1-6H3;2*1-2H3. The Labute approximate surface area is 267 Å². The van der Waals surface area contributed by atoms with Gasteiger partial charge in [0, 0.05) is 21.7 Å². The summed E-state index contributed by atoms with van der Waals surface area (Å²) in [5, 5.41) is 4.80. The van der Waals surface area contributed by atoms with E-state index < -0.39 is 0 Å². The minimum Gasteiger partial charge on any atom is -0.247 e. The smallest absolute Gasteiger partial charge is 0.0794 e. The van der Waals surface area contributed by atoms with Gasteiger partial charge in [0.1, 0.15) is 0 Å². The molecule has 0 radical (unpaired) electrons. The highest BCUT2D eigenvalue weighted by Crippen LogP contribution is 2.40. The first-order valence-electron chi connectivity index (χ1n) is 16.5. The number of fused-ring (bicyclic) bond motifs is 4. The Kier molecular flexibility index (Phi) is 11.9. The Hall–Kier alpha value is -3.97. The largest absolute Gasteiger partial charge is 0.247 e. The van der Waals surface area contributed by atoms with E-state index in [-0.39, 0.29) is 0 Å². The molecule has 1 heteroatoms. The quantitative estimate of drug-likeness (QED) is 0.149. The van der Waals surface area contributed by atoms with Crippen LogP contribution in [0.3, 0.4) is 0 Å². The molecular weight excluding hydrogens is 530 g/mol. The van der Waals surface area contributed by atoms with Gasteiger partial charge in [-0.25, -0.2) is 4.98 Å². The van der Waals surface area contributed by atoms with Crippen LogP contribution >= 0.6 is 0 Å². The van der Waals surface area contributed by atoms with Gasteiger partial charge in [0.05, 0.1) is 11.0 Å². The van der Waals surface area contributed by atoms with E-state index in [9.17, 15) is 0 Å². The van der Waals surface area contributed by atoms with Gasteiger partial charge in [-0.1, -0.05) is 184 Å². The Bertz CT molecular complexity index is 1770. The molecule has 0 fully saturated rings. The van der Waals surface area contributed by atoms with E-state index in [0.29, 0.717) is 10.8 Å². The molecule has 0 aliphatic rings. The number of aryl methyl sites for hydroxylation is 1. The van der Waals surface area contributed by atoms with Crippen LogP contribution in [0.5, 0.6) is 0 Å². The summed E-state index contributed by atoms with van der Waals surface area (Å²) in [7, 11) is 0. The van der Waals surface area contributed by atoms with Crippen molar-refractivity contribution in [2.75, 3.05) is 0 Å². The van der Waals surface area contributed by atoms with Gasteiger partial charge in [0.25, 0.3) is 0 Å². The molecule has 230 valence electrons. The molecule has 0 amide bonds. The summed E-state index contributed by atoms with van der Waals surface area (Å²) in [5.41, 5.74) is 9.16. The topological polar surface area (TPSA) is 12.9 Å². The monoisotopic (exact) mass is 583 g/mol. The molecule has 0 saturated carbocycles. The molecule has 0 atom stereocenters. The van der Waals surface area contributed by atoms with Gasteiger partial charge in [-0.15, -0.1) is 0 Å². The summed E-state index contributed by atoms with van der Waals surface area (Å²) >= 11 is 0. The zero-order chi connectivity index (χ0) is 32.5. The first kappa shape index (κ1) is 34.5. The molecule has 0 N–H and O–H groups in total. The van der Waals surface area contributed by atoms with Crippen LogP contribution in [0.25, 0.3) is 54.8 Å². The number of aromatic nitrogens is 1. The minimum absolute atomic E-state index is 0.446. The van der Waals surface area contributed by atoms with E-state index in [4.69, 9.17) is 4.98 Å². The van der Waals surface area contributed by atoms with Crippen LogP contribution in [0.15, 0.2) is 109 Å². The molecule has 0 aliphatic heterocycles. The molecule has 0 unspecified atom stereocenters. The summed E-state index contributed by atoms with van der Waals surface area (Å²) in [4.78, 5) is 5.20. The predicted octanol–water partition coefficient (Wildman–Crippen LogP) is 13.7. The summed E-state index contributed by atoms with van der Waals surface area (Å²) < 4.78 is 0. The van der Waals surface area contributed by atoms with Crippen molar-refractivity contribution in [1.82, 2.24) is 4.98 Å². The molecule has 0 aliphatic carbocycles. The molecule has 0 bridgehead atoms. The maximum Gasteiger partial charge on any atom is 0.0794 e. The van der Waals surface area contributed by atoms with Crippen LogP contribution in [0.1, 0.15) is 81.2 Å². The van der Waals surface area contributed by atoms with E-state index in [1.165, 1.54) is 55.8 Å². The third kappa shape index (κ3) is 7.56. The Morgan fingerprint density at radius 2 is 1.11 bits per heavy atom. The first-order chi connectivity index (χ1) is 21.1. The maximum absolute atomic E-state index is 5.20. The average molecular weight is 584 g/mol. The highest BCUT2D eigenvalue weighted by Gasteiger charge is 2.30. The summed E-state index contributed by atoms with van der Waals surface area (Å²) in [6, 6.07) is 39.0. The lowest BCUT2D eigenvalue weighted by Crippen LogP contribution is -2.28. The Balaban J connectivity index is 0.000000350. The minimum atomic E-state index is 0.446. The summed E-state index contributed by atoms with van der Waals surface area (Å²) in [6.07, 6.45) is 1.26. The van der Waals surface area contributed by atoms with Gasteiger partial charge in [-0.05, 0) is 45.9 Å². The number of rotatable bonds is 3. The van der Waals surface area contributed by atoms with Gasteiger partial charge in [0.2, 0.25) is 0 Å². The number of pyridine rings is 1. The lowest BCUT2D eigenvalue weighted by molar-refractivity contribution is 0.126. The molecule has 1 aromatic heterocycles. The fraction of sp³-hybridized carbons (Fsp3) is 0.326. The molecule has 1 nitrogen and oxygen atoms in total. The van der Waals surface area contributed by atoms with Crippen molar-refractivity contribution in [2.24, 2.45) is 10.8 Å². The third-order valence-electron chi connectivity index (χ3n) is 9.03. The molecule has 5 aromatic carbocycles. The lowest BCUT2D eigenvalue weighted by atomic mass is 9.68. The van der Waals surface area contributed by atoms with E-state index >= 15 is 0 Å². The zero-order valence-electron chi connectivity index (χ0n) is 29.0. The third-order valence-corrected chi connectivity index (χ3v) is 9.03. The van der Waals surface area contributed by atoms with Gasteiger partial charge < -0.3 is 0 Å². The second kappa shape index (κ2) is 15.2. The van der Waals surface area contributed by atoms with Gasteiger partial charge in [-0.3, -0.25) is 0 Å². The number of hydrogen-bond acceptors (Lipinski definition) is 1. The highest BCUT2D eigenvalue weighted by molar-refractivity contribution is 6.17. The second-order valence-corrected chi connectivity index (χ2v) is 12.6. The van der Waals surface area contributed by atoms with E-state index in [0.717, 1.165) is 11.0 Å². The van der Waals surface area contributed by atoms with Crippen LogP contribution < -0.4 is 0 Å². The van der Waals surface area contributed by atoms with Crippen LogP contribution in [-0.4, -0.2) is 4.98 Å². The summed E-state index contributed by atoms with van der Waals surface area (Å²) in [5.74, 6) is 0. The molecule has 1 heterocycles. The first-order valence-corrected chi connectivity index (χ1v) is 16.5. The van der Waals surface area contributed by atoms with Gasteiger partial charge in [0.15, 0.2) is 0 Å². The van der Waals surface area contributed by atoms with Crippen LogP contribution in [-0.2, 0) is 0 Å². The highest BCUT2D eigenvalue weighted by atomic mass is 14.7. The molecule has 0 saturated heterocycles. The van der Waals surface area contributed by atoms with Crippen molar-refractivity contribution < 1.29 is 0 Å². The average Bonchev–Trinajstić information content (AvgIpc) is 3.06. The number of hydrogen-bond donors (Lipinski definition) is 0. The number of nitrogens with zero attached hydrogens (tertiary/aromatic N) is 1. The molecule has 6 rings (SSSR count). The van der Waals surface area contributed by atoms with E-state index in [2.05, 4.69) is 158 Å². The Morgan fingerprint density at radius 3 is 1.70 bits per heavy atom. The zero-order valence-corrected chi connectivity index (χ0v) is 29.0. The van der Waals surface area contributed by atoms with Crippen molar-refractivity contribution in [3.63, 3.8) is 0 Å². The van der Waals surface area contributed by atoms with Crippen molar-refractivity contribution >= 4 is 32.6 Å². The van der Waals surface area contributed by atoms with Crippen molar-refractivity contribution in [3.05, 3.63) is 115 Å². The predicted molar refractivity (Wildman–Crippen MR) is 199 cm³/mol. The fourth-order valence-corrected chi connectivity index (χ4v) is 5.05. The maximum atomic E-state index is 5.20. The molecule has 0 spiro atoms. The Morgan fingerprint density at radius 1 is 0.545 bits per heavy atom. The summed E-state index contributed by atoms with van der Waals surface area (Å²) in [6.45, 7) is 23.9. The second-order valence-electron chi connectivity index (χ2n) is 12.6. The fourth-order valence-electron chi connectivity index (χ4n) is 5.05. The van der Waals surface area contributed by atoms with E-state index in [1.54, 1.807) is 0 Å². The molecule has 44 heavy (non-hydrogen) atoms.